The highest BCUT2D eigenvalue weighted by molar-refractivity contribution is 5.76. The number of benzene rings is 2. The number of nitrogens with one attached hydrogen (secondary N) is 1. The number of hydrogen-bond acceptors (Lipinski definition) is 3. The lowest BCUT2D eigenvalue weighted by molar-refractivity contribution is -0.129. The number of carbonyl (C=O) groups excluding carboxylic acids is 1. The van der Waals surface area contributed by atoms with Crippen LogP contribution in [-0.2, 0) is 14.3 Å². The van der Waals surface area contributed by atoms with Crippen molar-refractivity contribution in [2.45, 2.75) is 43.9 Å². The lowest BCUT2D eigenvalue weighted by Crippen LogP contribution is -2.51. The minimum absolute atomic E-state index is 0.168. The Bertz CT molecular complexity index is 859. The lowest BCUT2D eigenvalue weighted by Gasteiger charge is -2.43. The fraction of sp³-hybridized carbons (Fsp3) is 0.409. The van der Waals surface area contributed by atoms with Crippen molar-refractivity contribution in [1.29, 1.82) is 0 Å². The summed E-state index contributed by atoms with van der Waals surface area (Å²) in [6.45, 7) is 2.19. The molecule has 0 bridgehead atoms. The molecule has 0 radical (unpaired) electrons. The van der Waals surface area contributed by atoms with E-state index in [1.807, 2.05) is 6.92 Å². The fourth-order valence-electron chi connectivity index (χ4n) is 3.68. The van der Waals surface area contributed by atoms with E-state index in [9.17, 15) is 18.0 Å². The van der Waals surface area contributed by atoms with E-state index < -0.39 is 29.4 Å². The van der Waals surface area contributed by atoms with E-state index in [-0.39, 0.29) is 18.1 Å². The molecule has 2 aromatic rings. The molecule has 0 aliphatic carbocycles. The fourth-order valence-corrected chi connectivity index (χ4v) is 3.68. The number of amides is 1. The predicted molar refractivity (Wildman–Crippen MR) is 102 cm³/mol. The van der Waals surface area contributed by atoms with Gasteiger partial charge in [0, 0.05) is 31.9 Å². The van der Waals surface area contributed by atoms with Crippen LogP contribution in [-0.4, -0.2) is 25.2 Å². The zero-order valence-electron chi connectivity index (χ0n) is 16.4. The Kier molecular flexibility index (Phi) is 6.59. The van der Waals surface area contributed by atoms with Crippen LogP contribution in [0.3, 0.4) is 0 Å². The second kappa shape index (κ2) is 8.97. The maximum absolute atomic E-state index is 13.8. The first-order valence-electron chi connectivity index (χ1n) is 9.45. The van der Waals surface area contributed by atoms with Crippen LogP contribution in [0.2, 0.25) is 0 Å². The molecule has 1 N–H and O–H groups in total. The first-order valence-corrected chi connectivity index (χ1v) is 9.45. The van der Waals surface area contributed by atoms with Crippen LogP contribution in [0.4, 0.5) is 13.2 Å². The molecular formula is C22H24F3NO3. The van der Waals surface area contributed by atoms with Crippen molar-refractivity contribution < 1.29 is 27.4 Å². The lowest BCUT2D eigenvalue weighted by atomic mass is 9.81. The molecule has 1 aliphatic heterocycles. The Morgan fingerprint density at radius 3 is 2.31 bits per heavy atom. The molecule has 1 amide bonds. The Balaban J connectivity index is 1.88. The second-order valence-corrected chi connectivity index (χ2v) is 7.60. The largest absolute Gasteiger partial charge is 0.384 e. The number of methoxy groups -OCH3 is 1. The normalized spacial score (nSPS) is 24.3. The summed E-state index contributed by atoms with van der Waals surface area (Å²) < 4.78 is 51.6. The number of rotatable bonds is 6. The van der Waals surface area contributed by atoms with Gasteiger partial charge in [-0.1, -0.05) is 18.2 Å². The summed E-state index contributed by atoms with van der Waals surface area (Å²) in [4.78, 5) is 12.3. The summed E-state index contributed by atoms with van der Waals surface area (Å²) in [6.07, 6.45) is 0.0348. The van der Waals surface area contributed by atoms with Crippen molar-refractivity contribution in [3.8, 4) is 0 Å². The Morgan fingerprint density at radius 2 is 1.69 bits per heavy atom. The molecular weight excluding hydrogens is 383 g/mol. The van der Waals surface area contributed by atoms with E-state index >= 15 is 0 Å². The highest BCUT2D eigenvalue weighted by Crippen LogP contribution is 2.43. The molecule has 3 atom stereocenters. The average molecular weight is 407 g/mol. The van der Waals surface area contributed by atoms with Crippen LogP contribution >= 0.6 is 0 Å². The number of halogens is 3. The van der Waals surface area contributed by atoms with Gasteiger partial charge in [-0.15, -0.1) is 0 Å². The van der Waals surface area contributed by atoms with Crippen LogP contribution < -0.4 is 5.32 Å². The van der Waals surface area contributed by atoms with Crippen molar-refractivity contribution >= 4 is 5.91 Å². The molecule has 1 fully saturated rings. The topological polar surface area (TPSA) is 47.6 Å². The van der Waals surface area contributed by atoms with Crippen LogP contribution in [0, 0.1) is 17.5 Å². The summed E-state index contributed by atoms with van der Waals surface area (Å²) in [5.41, 5.74) is 0.571. The molecule has 7 heteroatoms. The van der Waals surface area contributed by atoms with Crippen molar-refractivity contribution in [2.24, 2.45) is 0 Å². The van der Waals surface area contributed by atoms with Gasteiger partial charge in [0.05, 0.1) is 18.8 Å². The van der Waals surface area contributed by atoms with E-state index in [0.717, 1.165) is 17.7 Å². The summed E-state index contributed by atoms with van der Waals surface area (Å²) in [6, 6.07) is 9.58. The molecule has 2 aromatic carbocycles. The Hall–Kier alpha value is -2.38. The molecule has 0 aromatic heterocycles. The van der Waals surface area contributed by atoms with Crippen molar-refractivity contribution in [3.63, 3.8) is 0 Å². The second-order valence-electron chi connectivity index (χ2n) is 7.60. The number of carbonyl (C=O) groups is 1. The van der Waals surface area contributed by atoms with Gasteiger partial charge in [-0.25, -0.2) is 13.2 Å². The van der Waals surface area contributed by atoms with Gasteiger partial charge in [0.1, 0.15) is 5.82 Å². The maximum Gasteiger partial charge on any atom is 0.222 e. The molecule has 0 saturated carbocycles. The quantitative estimate of drug-likeness (QED) is 0.761. The zero-order chi connectivity index (χ0) is 21.0. The van der Waals surface area contributed by atoms with Gasteiger partial charge in [0.15, 0.2) is 11.6 Å². The Morgan fingerprint density at radius 1 is 1.07 bits per heavy atom. The molecule has 1 heterocycles. The van der Waals surface area contributed by atoms with Gasteiger partial charge in [-0.2, -0.15) is 0 Å². The Labute approximate surface area is 168 Å². The molecule has 0 unspecified atom stereocenters. The van der Waals surface area contributed by atoms with Crippen molar-refractivity contribution in [2.75, 3.05) is 13.7 Å². The van der Waals surface area contributed by atoms with Crippen LogP contribution in [0.1, 0.15) is 49.5 Å². The minimum Gasteiger partial charge on any atom is -0.384 e. The van der Waals surface area contributed by atoms with Gasteiger partial charge in [-0.05, 0) is 42.3 Å². The zero-order valence-corrected chi connectivity index (χ0v) is 16.4. The van der Waals surface area contributed by atoms with Crippen molar-refractivity contribution in [3.05, 3.63) is 71.0 Å². The number of ether oxygens (including phenoxy) is 2. The van der Waals surface area contributed by atoms with Gasteiger partial charge in [0.25, 0.3) is 0 Å². The maximum atomic E-state index is 13.8. The van der Waals surface area contributed by atoms with E-state index in [4.69, 9.17) is 9.47 Å². The third kappa shape index (κ3) is 5.36. The third-order valence-corrected chi connectivity index (χ3v) is 5.13. The van der Waals surface area contributed by atoms with Crippen LogP contribution in [0.5, 0.6) is 0 Å². The van der Waals surface area contributed by atoms with Crippen LogP contribution in [0.25, 0.3) is 0 Å². The molecule has 3 rings (SSSR count). The highest BCUT2D eigenvalue weighted by Gasteiger charge is 2.40. The summed E-state index contributed by atoms with van der Waals surface area (Å²) in [5.74, 6) is -2.42. The number of hydrogen-bond donors (Lipinski definition) is 1. The molecule has 4 nitrogen and oxygen atoms in total. The average Bonchev–Trinajstić information content (AvgIpc) is 2.68. The standard InChI is InChI=1S/C22H24F3NO3/c1-22(26-21(27)9-10-28-2)12-19(14-3-6-16(23)7-4-14)29-20(13-22)15-5-8-17(24)18(25)11-15/h3-8,11,19-20H,9-10,12-13H2,1-2H3,(H,26,27)/t19-,20+,22-/m0/s1. The molecule has 0 spiro atoms. The SMILES string of the molecule is COCCC(=O)N[C@@]1(C)C[C@@H](c2ccc(F)cc2)O[C@@H](c2ccc(F)c(F)c2)C1. The third-order valence-electron chi connectivity index (χ3n) is 5.13. The summed E-state index contributed by atoms with van der Waals surface area (Å²) in [5, 5.41) is 3.03. The summed E-state index contributed by atoms with van der Waals surface area (Å²) in [7, 11) is 1.52. The van der Waals surface area contributed by atoms with Gasteiger partial charge in [-0.3, -0.25) is 4.79 Å². The highest BCUT2D eigenvalue weighted by atomic mass is 19.2. The van der Waals surface area contributed by atoms with E-state index in [2.05, 4.69) is 5.32 Å². The molecule has 1 aliphatic rings. The summed E-state index contributed by atoms with van der Waals surface area (Å²) >= 11 is 0. The smallest absolute Gasteiger partial charge is 0.222 e. The molecule has 156 valence electrons. The van der Waals surface area contributed by atoms with E-state index in [1.54, 1.807) is 12.1 Å². The van der Waals surface area contributed by atoms with E-state index in [0.29, 0.717) is 25.0 Å². The van der Waals surface area contributed by atoms with E-state index in [1.165, 1.54) is 25.3 Å². The van der Waals surface area contributed by atoms with Gasteiger partial charge < -0.3 is 14.8 Å². The molecule has 29 heavy (non-hydrogen) atoms. The van der Waals surface area contributed by atoms with Crippen LogP contribution in [0.15, 0.2) is 42.5 Å². The molecule has 1 saturated heterocycles. The van der Waals surface area contributed by atoms with Crippen molar-refractivity contribution in [1.82, 2.24) is 5.32 Å². The minimum atomic E-state index is -0.958. The van der Waals surface area contributed by atoms with Gasteiger partial charge >= 0.3 is 0 Å². The predicted octanol–water partition coefficient (Wildman–Crippen LogP) is 4.61. The first kappa shape index (κ1) is 21.3. The first-order chi connectivity index (χ1) is 13.8. The van der Waals surface area contributed by atoms with Gasteiger partial charge in [0.2, 0.25) is 5.91 Å². The monoisotopic (exact) mass is 407 g/mol.